The molecule has 0 fully saturated rings. The van der Waals surface area contributed by atoms with E-state index in [1.807, 2.05) is 51.1 Å². The number of hydrogen-bond donors (Lipinski definition) is 1. The van der Waals surface area contributed by atoms with Gasteiger partial charge in [-0.1, -0.05) is 55.5 Å². The fourth-order valence-electron chi connectivity index (χ4n) is 3.59. The van der Waals surface area contributed by atoms with Crippen LogP contribution < -0.4 is 9.62 Å². The van der Waals surface area contributed by atoms with Crippen LogP contribution in [0.4, 0.5) is 5.69 Å². The highest BCUT2D eigenvalue weighted by Crippen LogP contribution is 2.20. The minimum atomic E-state index is -3.94. The van der Waals surface area contributed by atoms with Crippen LogP contribution in [0.3, 0.4) is 0 Å². The van der Waals surface area contributed by atoms with Gasteiger partial charge in [-0.25, -0.2) is 4.31 Å². The maximum atomic E-state index is 13.6. The van der Waals surface area contributed by atoms with Crippen LogP contribution in [0.5, 0.6) is 0 Å². The maximum Gasteiger partial charge on any atom is 0.304 e. The van der Waals surface area contributed by atoms with Crippen LogP contribution in [0.2, 0.25) is 0 Å². The number of benzene rings is 2. The number of rotatable bonds is 12. The highest BCUT2D eigenvalue weighted by atomic mass is 32.2. The van der Waals surface area contributed by atoms with Gasteiger partial charge in [0, 0.05) is 26.7 Å². The van der Waals surface area contributed by atoms with E-state index in [2.05, 4.69) is 5.32 Å². The molecule has 186 valence electrons. The first-order valence-electron chi connectivity index (χ1n) is 11.5. The molecule has 2 rings (SSSR count). The number of nitrogens with zero attached hydrogens (tertiary/aromatic N) is 3. The summed E-state index contributed by atoms with van der Waals surface area (Å²) in [4.78, 5) is 28.1. The van der Waals surface area contributed by atoms with Crippen LogP contribution in [0.25, 0.3) is 0 Å². The van der Waals surface area contributed by atoms with Crippen LogP contribution in [-0.4, -0.2) is 68.7 Å². The summed E-state index contributed by atoms with van der Waals surface area (Å²) in [7, 11) is -1.09. The zero-order valence-corrected chi connectivity index (χ0v) is 21.5. The minimum Gasteiger partial charge on any atom is -0.352 e. The van der Waals surface area contributed by atoms with E-state index in [-0.39, 0.29) is 18.5 Å². The molecule has 2 aromatic rings. The quantitative estimate of drug-likeness (QED) is 0.497. The number of carbonyl (C=O) groups excluding carboxylic acids is 2. The Balaban J connectivity index is 2.39. The van der Waals surface area contributed by atoms with E-state index >= 15 is 0 Å². The van der Waals surface area contributed by atoms with Crippen molar-refractivity contribution in [3.8, 4) is 0 Å². The Morgan fingerprint density at radius 2 is 1.50 bits per heavy atom. The predicted molar refractivity (Wildman–Crippen MR) is 136 cm³/mol. The van der Waals surface area contributed by atoms with Gasteiger partial charge in [0.2, 0.25) is 11.8 Å². The monoisotopic (exact) mass is 488 g/mol. The zero-order valence-electron chi connectivity index (χ0n) is 20.6. The van der Waals surface area contributed by atoms with E-state index in [1.165, 1.54) is 19.0 Å². The topological polar surface area (TPSA) is 90.0 Å². The molecule has 0 heterocycles. The number of para-hydroxylation sites is 1. The molecule has 0 saturated heterocycles. The minimum absolute atomic E-state index is 0.0810. The first kappa shape index (κ1) is 27.3. The van der Waals surface area contributed by atoms with Crippen molar-refractivity contribution in [3.05, 3.63) is 66.2 Å². The summed E-state index contributed by atoms with van der Waals surface area (Å²) in [6.45, 7) is 5.45. The molecule has 34 heavy (non-hydrogen) atoms. The first-order chi connectivity index (χ1) is 16.1. The van der Waals surface area contributed by atoms with Crippen molar-refractivity contribution in [1.29, 1.82) is 0 Å². The van der Waals surface area contributed by atoms with Crippen LogP contribution >= 0.6 is 0 Å². The molecule has 1 atom stereocenters. The molecule has 8 nitrogen and oxygen atoms in total. The average Bonchev–Trinajstić information content (AvgIpc) is 2.80. The van der Waals surface area contributed by atoms with E-state index in [0.29, 0.717) is 18.5 Å². The molecular weight excluding hydrogens is 452 g/mol. The van der Waals surface area contributed by atoms with Crippen molar-refractivity contribution in [2.24, 2.45) is 0 Å². The summed E-state index contributed by atoms with van der Waals surface area (Å²) in [5.41, 5.74) is 1.41. The maximum absolute atomic E-state index is 13.6. The summed E-state index contributed by atoms with van der Waals surface area (Å²) in [5.74, 6) is -0.684. The van der Waals surface area contributed by atoms with E-state index in [9.17, 15) is 18.0 Å². The summed E-state index contributed by atoms with van der Waals surface area (Å²) in [5, 5.41) is 2.89. The van der Waals surface area contributed by atoms with E-state index in [0.717, 1.165) is 14.2 Å². The Kier molecular flexibility index (Phi) is 10.1. The molecule has 0 aliphatic heterocycles. The van der Waals surface area contributed by atoms with Gasteiger partial charge in [-0.2, -0.15) is 12.7 Å². The standard InChI is InChI=1S/C25H36N4O4S/c1-6-23(25(31)26-20(2)3)28(18-17-21-13-9-7-10-14-21)24(30)19-29(34(32,33)27(4)5)22-15-11-8-12-16-22/h7-16,20,23H,6,17-19H2,1-5H3,(H,26,31)/t23-/m0/s1. The van der Waals surface area contributed by atoms with E-state index < -0.39 is 28.7 Å². The normalized spacial score (nSPS) is 12.4. The molecule has 2 aromatic carbocycles. The van der Waals surface area contributed by atoms with Crippen molar-refractivity contribution < 1.29 is 18.0 Å². The fourth-order valence-corrected chi connectivity index (χ4v) is 4.64. The van der Waals surface area contributed by atoms with Crippen molar-refractivity contribution in [1.82, 2.24) is 14.5 Å². The molecule has 0 bridgehead atoms. The average molecular weight is 489 g/mol. The van der Waals surface area contributed by atoms with Gasteiger partial charge in [-0.15, -0.1) is 0 Å². The molecule has 1 N–H and O–H groups in total. The van der Waals surface area contributed by atoms with Crippen LogP contribution in [0.15, 0.2) is 60.7 Å². The number of nitrogens with one attached hydrogen (secondary N) is 1. The summed E-state index contributed by atoms with van der Waals surface area (Å²) >= 11 is 0. The van der Waals surface area contributed by atoms with Crippen LogP contribution in [0, 0.1) is 0 Å². The SMILES string of the molecule is CC[C@@H](C(=O)NC(C)C)N(CCc1ccccc1)C(=O)CN(c1ccccc1)S(=O)(=O)N(C)C. The third kappa shape index (κ3) is 7.30. The second-order valence-corrected chi connectivity index (χ2v) is 10.6. The van der Waals surface area contributed by atoms with Gasteiger partial charge >= 0.3 is 10.2 Å². The Morgan fingerprint density at radius 3 is 2.00 bits per heavy atom. The Hall–Kier alpha value is -2.91. The molecule has 0 radical (unpaired) electrons. The molecule has 0 aliphatic carbocycles. The highest BCUT2D eigenvalue weighted by molar-refractivity contribution is 7.90. The molecule has 0 unspecified atom stereocenters. The van der Waals surface area contributed by atoms with Crippen LogP contribution in [0.1, 0.15) is 32.8 Å². The Labute approximate surface area is 203 Å². The lowest BCUT2D eigenvalue weighted by Crippen LogP contribution is -2.54. The van der Waals surface area contributed by atoms with Crippen molar-refractivity contribution in [2.75, 3.05) is 31.5 Å². The number of carbonyl (C=O) groups is 2. The van der Waals surface area contributed by atoms with E-state index in [1.54, 1.807) is 30.3 Å². The van der Waals surface area contributed by atoms with E-state index in [4.69, 9.17) is 0 Å². The first-order valence-corrected chi connectivity index (χ1v) is 12.9. The summed E-state index contributed by atoms with van der Waals surface area (Å²) in [6.07, 6.45) is 0.953. The third-order valence-electron chi connectivity index (χ3n) is 5.36. The molecule has 2 amide bonds. The molecule has 0 aliphatic rings. The van der Waals surface area contributed by atoms with Crippen molar-refractivity contribution >= 4 is 27.7 Å². The van der Waals surface area contributed by atoms with Crippen LogP contribution in [-0.2, 0) is 26.2 Å². The van der Waals surface area contributed by atoms with Gasteiger partial charge in [-0.3, -0.25) is 9.59 Å². The molecule has 0 aromatic heterocycles. The van der Waals surface area contributed by atoms with Gasteiger partial charge in [0.15, 0.2) is 0 Å². The molecule has 9 heteroatoms. The smallest absolute Gasteiger partial charge is 0.304 e. The summed E-state index contributed by atoms with van der Waals surface area (Å²) < 4.78 is 28.3. The Morgan fingerprint density at radius 1 is 0.941 bits per heavy atom. The largest absolute Gasteiger partial charge is 0.352 e. The molecule has 0 spiro atoms. The second kappa shape index (κ2) is 12.5. The third-order valence-corrected chi connectivity index (χ3v) is 7.18. The zero-order chi connectivity index (χ0) is 25.3. The van der Waals surface area contributed by atoms with Gasteiger partial charge in [0.25, 0.3) is 0 Å². The number of amides is 2. The lowest BCUT2D eigenvalue weighted by molar-refractivity contribution is -0.139. The fraction of sp³-hybridized carbons (Fsp3) is 0.440. The second-order valence-electron chi connectivity index (χ2n) is 8.54. The van der Waals surface area contributed by atoms with Gasteiger partial charge < -0.3 is 10.2 Å². The lowest BCUT2D eigenvalue weighted by Gasteiger charge is -2.34. The van der Waals surface area contributed by atoms with Crippen molar-refractivity contribution in [3.63, 3.8) is 0 Å². The molecular formula is C25H36N4O4S. The number of hydrogen-bond acceptors (Lipinski definition) is 4. The van der Waals surface area contributed by atoms with Gasteiger partial charge in [0.1, 0.15) is 12.6 Å². The summed E-state index contributed by atoms with van der Waals surface area (Å²) in [6, 6.07) is 17.4. The lowest BCUT2D eigenvalue weighted by atomic mass is 10.1. The molecule has 0 saturated carbocycles. The highest BCUT2D eigenvalue weighted by Gasteiger charge is 2.33. The van der Waals surface area contributed by atoms with Gasteiger partial charge in [-0.05, 0) is 44.4 Å². The number of anilines is 1. The Bertz CT molecular complexity index is 1030. The predicted octanol–water partition coefficient (Wildman–Crippen LogP) is 2.67. The van der Waals surface area contributed by atoms with Crippen molar-refractivity contribution in [2.45, 2.75) is 45.7 Å². The van der Waals surface area contributed by atoms with Gasteiger partial charge in [0.05, 0.1) is 5.69 Å².